The molecule has 2 N–H and O–H groups in total. The molecule has 10 heteroatoms. The van der Waals surface area contributed by atoms with Crippen molar-refractivity contribution in [2.75, 3.05) is 11.9 Å². The zero-order valence-electron chi connectivity index (χ0n) is 12.6. The van der Waals surface area contributed by atoms with Crippen LogP contribution in [0, 0.1) is 23.5 Å². The predicted octanol–water partition coefficient (Wildman–Crippen LogP) is 2.48. The molecule has 0 aliphatic carbocycles. The molecule has 1 unspecified atom stereocenters. The van der Waals surface area contributed by atoms with Crippen molar-refractivity contribution in [3.8, 4) is 0 Å². The topological polar surface area (TPSA) is 76.3 Å². The monoisotopic (exact) mass is 363 g/mol. The first-order valence-electron chi connectivity index (χ1n) is 6.59. The second-order valence-electron chi connectivity index (χ2n) is 5.07. The Kier molecular flexibility index (Phi) is 4.81. The summed E-state index contributed by atoms with van der Waals surface area (Å²) in [6.07, 6.45) is 0. The number of primary sulfonamides is 1. The van der Waals surface area contributed by atoms with E-state index in [1.165, 1.54) is 38.2 Å². The van der Waals surface area contributed by atoms with Gasteiger partial charge in [0.1, 0.15) is 5.69 Å². The number of nitrogens with two attached hydrogens (primary N) is 1. The Morgan fingerprint density at radius 3 is 1.92 bits per heavy atom. The van der Waals surface area contributed by atoms with Crippen LogP contribution < -0.4 is 10.0 Å². The standard InChI is InChI=1S/C14H13F4N3O2S/c1-7(8-3-5-9(6-4-8)24(19,22)23)21(2)12-10(15)13(17)20-14(18)11(12)16/h3-7H,1-2H3,(H2,19,22,23). The average Bonchev–Trinajstić information content (AvgIpc) is 2.51. The van der Waals surface area contributed by atoms with Gasteiger partial charge in [-0.15, -0.1) is 0 Å². The maximum absolute atomic E-state index is 13.8. The van der Waals surface area contributed by atoms with E-state index in [1.54, 1.807) is 0 Å². The molecule has 1 aromatic carbocycles. The van der Waals surface area contributed by atoms with Gasteiger partial charge in [0.15, 0.2) is 0 Å². The highest BCUT2D eigenvalue weighted by Crippen LogP contribution is 2.31. The van der Waals surface area contributed by atoms with Gasteiger partial charge in [-0.25, -0.2) is 13.6 Å². The van der Waals surface area contributed by atoms with Gasteiger partial charge in [0.2, 0.25) is 21.7 Å². The maximum atomic E-state index is 13.8. The number of nitrogens with zero attached hydrogens (tertiary/aromatic N) is 2. The Balaban J connectivity index is 2.42. The molecular formula is C14H13F4N3O2S. The number of pyridine rings is 1. The highest BCUT2D eigenvalue weighted by molar-refractivity contribution is 7.89. The minimum Gasteiger partial charge on any atom is -0.363 e. The van der Waals surface area contributed by atoms with Crippen LogP contribution in [-0.4, -0.2) is 20.4 Å². The lowest BCUT2D eigenvalue weighted by Crippen LogP contribution is -2.25. The van der Waals surface area contributed by atoms with E-state index in [1.807, 2.05) is 0 Å². The number of anilines is 1. The van der Waals surface area contributed by atoms with E-state index in [4.69, 9.17) is 5.14 Å². The summed E-state index contributed by atoms with van der Waals surface area (Å²) in [5.41, 5.74) is -0.468. The van der Waals surface area contributed by atoms with Crippen LogP contribution in [0.1, 0.15) is 18.5 Å². The second-order valence-corrected chi connectivity index (χ2v) is 6.63. The van der Waals surface area contributed by atoms with E-state index in [9.17, 15) is 26.0 Å². The van der Waals surface area contributed by atoms with E-state index in [0.717, 1.165) is 4.90 Å². The summed E-state index contributed by atoms with van der Waals surface area (Å²) in [6, 6.07) is 4.46. The lowest BCUT2D eigenvalue weighted by atomic mass is 10.1. The van der Waals surface area contributed by atoms with Crippen molar-refractivity contribution >= 4 is 15.7 Å². The summed E-state index contributed by atoms with van der Waals surface area (Å²) in [5.74, 6) is -6.76. The van der Waals surface area contributed by atoms with Crippen LogP contribution >= 0.6 is 0 Å². The fourth-order valence-electron chi connectivity index (χ4n) is 2.14. The largest absolute Gasteiger partial charge is 0.363 e. The van der Waals surface area contributed by atoms with Gasteiger partial charge in [-0.1, -0.05) is 12.1 Å². The molecule has 1 atom stereocenters. The number of rotatable bonds is 4. The van der Waals surface area contributed by atoms with Crippen LogP contribution in [0.15, 0.2) is 29.2 Å². The Bertz CT molecular complexity index is 846. The first-order valence-corrected chi connectivity index (χ1v) is 8.14. The van der Waals surface area contributed by atoms with Gasteiger partial charge in [0, 0.05) is 7.05 Å². The SMILES string of the molecule is CC(c1ccc(S(N)(=O)=O)cc1)N(C)c1c(F)c(F)nc(F)c1F. The average molecular weight is 363 g/mol. The van der Waals surface area contributed by atoms with E-state index in [2.05, 4.69) is 4.98 Å². The van der Waals surface area contributed by atoms with Crippen molar-refractivity contribution in [3.63, 3.8) is 0 Å². The molecule has 1 aromatic heterocycles. The Morgan fingerprint density at radius 1 is 1.04 bits per heavy atom. The third-order valence-corrected chi connectivity index (χ3v) is 4.53. The first kappa shape index (κ1) is 18.1. The van der Waals surface area contributed by atoms with Crippen LogP contribution in [0.25, 0.3) is 0 Å². The van der Waals surface area contributed by atoms with Crippen molar-refractivity contribution in [2.24, 2.45) is 5.14 Å². The number of sulfonamides is 1. The van der Waals surface area contributed by atoms with Gasteiger partial charge in [0.05, 0.1) is 10.9 Å². The van der Waals surface area contributed by atoms with Crippen LogP contribution in [0.3, 0.4) is 0 Å². The summed E-state index contributed by atoms with van der Waals surface area (Å²) in [4.78, 5) is 3.33. The van der Waals surface area contributed by atoms with Crippen molar-refractivity contribution in [3.05, 3.63) is 53.4 Å². The molecule has 0 aliphatic rings. The van der Waals surface area contributed by atoms with Gasteiger partial charge in [0.25, 0.3) is 11.9 Å². The smallest absolute Gasteiger partial charge is 0.253 e. The fourth-order valence-corrected chi connectivity index (χ4v) is 2.65. The molecule has 2 aromatic rings. The summed E-state index contributed by atoms with van der Waals surface area (Å²) in [5, 5.41) is 4.98. The van der Waals surface area contributed by atoms with Gasteiger partial charge >= 0.3 is 0 Å². The number of benzene rings is 1. The molecule has 0 aliphatic heterocycles. The Morgan fingerprint density at radius 2 is 1.50 bits per heavy atom. The minimum absolute atomic E-state index is 0.139. The minimum atomic E-state index is -3.88. The van der Waals surface area contributed by atoms with Crippen LogP contribution in [0.5, 0.6) is 0 Å². The van der Waals surface area contributed by atoms with Crippen molar-refractivity contribution < 1.29 is 26.0 Å². The van der Waals surface area contributed by atoms with Gasteiger partial charge in [-0.3, -0.25) is 0 Å². The highest BCUT2D eigenvalue weighted by Gasteiger charge is 2.26. The molecule has 2 rings (SSSR count). The van der Waals surface area contributed by atoms with Crippen molar-refractivity contribution in [1.29, 1.82) is 0 Å². The molecule has 1 heterocycles. The molecule has 5 nitrogen and oxygen atoms in total. The number of hydrogen-bond acceptors (Lipinski definition) is 4. The van der Waals surface area contributed by atoms with Crippen LogP contribution in [-0.2, 0) is 10.0 Å². The first-order chi connectivity index (χ1) is 11.0. The third-order valence-electron chi connectivity index (χ3n) is 3.60. The molecule has 0 radical (unpaired) electrons. The van der Waals surface area contributed by atoms with Crippen molar-refractivity contribution in [2.45, 2.75) is 17.9 Å². The van der Waals surface area contributed by atoms with Gasteiger partial charge in [-0.2, -0.15) is 22.5 Å². The molecule has 0 saturated carbocycles. The summed E-state index contributed by atoms with van der Waals surface area (Å²) in [7, 11) is -2.65. The number of halogens is 4. The Labute approximate surface area is 135 Å². The van der Waals surface area contributed by atoms with E-state index >= 15 is 0 Å². The predicted molar refractivity (Wildman–Crippen MR) is 78.7 cm³/mol. The maximum Gasteiger partial charge on any atom is 0.253 e. The van der Waals surface area contributed by atoms with Crippen LogP contribution in [0.2, 0.25) is 0 Å². The molecule has 130 valence electrons. The Hall–Kier alpha value is -2.20. The molecule has 0 saturated heterocycles. The number of hydrogen-bond donors (Lipinski definition) is 1. The summed E-state index contributed by atoms with van der Waals surface area (Å²) >= 11 is 0. The molecule has 0 amide bonds. The van der Waals surface area contributed by atoms with E-state index < -0.39 is 45.3 Å². The zero-order valence-corrected chi connectivity index (χ0v) is 13.4. The zero-order chi connectivity index (χ0) is 18.2. The fraction of sp³-hybridized carbons (Fsp3) is 0.214. The number of aromatic nitrogens is 1. The lowest BCUT2D eigenvalue weighted by Gasteiger charge is -2.28. The molecule has 24 heavy (non-hydrogen) atoms. The highest BCUT2D eigenvalue weighted by atomic mass is 32.2. The molecule has 0 bridgehead atoms. The second kappa shape index (κ2) is 6.36. The van der Waals surface area contributed by atoms with Crippen LogP contribution in [0.4, 0.5) is 23.2 Å². The van der Waals surface area contributed by atoms with E-state index in [0.29, 0.717) is 5.56 Å². The molecule has 0 fully saturated rings. The lowest BCUT2D eigenvalue weighted by molar-refractivity contribution is 0.405. The van der Waals surface area contributed by atoms with Gasteiger partial charge < -0.3 is 4.90 Å². The molecule has 0 spiro atoms. The molecular weight excluding hydrogens is 350 g/mol. The normalized spacial score (nSPS) is 13.0. The van der Waals surface area contributed by atoms with E-state index in [-0.39, 0.29) is 4.90 Å². The van der Waals surface area contributed by atoms with Gasteiger partial charge in [-0.05, 0) is 24.6 Å². The third kappa shape index (κ3) is 3.34. The summed E-state index contributed by atoms with van der Waals surface area (Å²) in [6.45, 7) is 1.51. The quantitative estimate of drug-likeness (QED) is 0.669. The van der Waals surface area contributed by atoms with Crippen molar-refractivity contribution in [1.82, 2.24) is 4.98 Å². The summed E-state index contributed by atoms with van der Waals surface area (Å²) < 4.78 is 76.5.